The van der Waals surface area contributed by atoms with Crippen molar-refractivity contribution in [2.45, 2.75) is 12.8 Å². The van der Waals surface area contributed by atoms with E-state index in [2.05, 4.69) is 57.0 Å². The van der Waals surface area contributed by atoms with Gasteiger partial charge in [-0.2, -0.15) is 0 Å². The lowest BCUT2D eigenvalue weighted by Crippen LogP contribution is -2.15. The van der Waals surface area contributed by atoms with Crippen molar-refractivity contribution in [3.05, 3.63) is 59.7 Å². The lowest BCUT2D eigenvalue weighted by Gasteiger charge is -2.12. The van der Waals surface area contributed by atoms with Crippen molar-refractivity contribution in [2.75, 3.05) is 36.8 Å². The van der Waals surface area contributed by atoms with Gasteiger partial charge in [0.05, 0.1) is 0 Å². The molecule has 0 amide bonds. The molecule has 1 heterocycles. The molecular formula is C20H24N4. The molecule has 0 aliphatic carbocycles. The van der Waals surface area contributed by atoms with Crippen LogP contribution in [0.1, 0.15) is 24.0 Å². The van der Waals surface area contributed by atoms with Crippen LogP contribution in [0.15, 0.2) is 58.5 Å². The molecule has 0 spiro atoms. The summed E-state index contributed by atoms with van der Waals surface area (Å²) in [6, 6.07) is 16.6. The Hall–Kier alpha value is -2.62. The first-order chi connectivity index (χ1) is 11.9. The van der Waals surface area contributed by atoms with Gasteiger partial charge in [0.2, 0.25) is 0 Å². The minimum absolute atomic E-state index is 0.844. The molecule has 4 nitrogen and oxygen atoms in total. The van der Waals surface area contributed by atoms with Gasteiger partial charge >= 0.3 is 0 Å². The number of nitrogens with one attached hydrogen (secondary N) is 2. The Balaban J connectivity index is 1.74. The van der Waals surface area contributed by atoms with Gasteiger partial charge < -0.3 is 10.6 Å². The van der Waals surface area contributed by atoms with E-state index in [1.165, 1.54) is 0 Å². The van der Waals surface area contributed by atoms with Crippen LogP contribution in [-0.4, -0.2) is 38.6 Å². The lowest BCUT2D eigenvalue weighted by molar-refractivity contribution is 0.760. The maximum atomic E-state index is 4.55. The van der Waals surface area contributed by atoms with Gasteiger partial charge in [-0.05, 0) is 25.0 Å². The predicted molar refractivity (Wildman–Crippen MR) is 104 cm³/mol. The second-order valence-electron chi connectivity index (χ2n) is 5.81. The molecule has 2 aromatic rings. The van der Waals surface area contributed by atoms with E-state index in [0.29, 0.717) is 0 Å². The zero-order valence-electron chi connectivity index (χ0n) is 13.9. The second kappa shape index (κ2) is 8.87. The Morgan fingerprint density at radius 2 is 1.08 bits per heavy atom. The molecule has 1 aliphatic rings. The molecule has 0 bridgehead atoms. The van der Waals surface area contributed by atoms with Crippen molar-refractivity contribution in [1.29, 1.82) is 0 Å². The van der Waals surface area contributed by atoms with E-state index in [-0.39, 0.29) is 0 Å². The van der Waals surface area contributed by atoms with Gasteiger partial charge in [0.25, 0.3) is 0 Å². The van der Waals surface area contributed by atoms with E-state index < -0.39 is 0 Å². The number of benzene rings is 2. The van der Waals surface area contributed by atoms with Gasteiger partial charge in [0.15, 0.2) is 0 Å². The molecule has 0 saturated heterocycles. The summed E-state index contributed by atoms with van der Waals surface area (Å²) < 4.78 is 0. The minimum atomic E-state index is 0.844. The molecular weight excluding hydrogens is 296 g/mol. The van der Waals surface area contributed by atoms with Crippen LogP contribution in [0.4, 0.5) is 11.4 Å². The Kier molecular flexibility index (Phi) is 6.00. The topological polar surface area (TPSA) is 48.8 Å². The SMILES string of the molecule is C1=NCCCCN=Cc2ccccc2NCCNc2ccccc21. The highest BCUT2D eigenvalue weighted by molar-refractivity contribution is 5.88. The number of rotatable bonds is 0. The average molecular weight is 320 g/mol. The Bertz CT molecular complexity index is 645. The summed E-state index contributed by atoms with van der Waals surface area (Å²) >= 11 is 0. The van der Waals surface area contributed by atoms with E-state index in [1.54, 1.807) is 0 Å². The highest BCUT2D eigenvalue weighted by Gasteiger charge is 2.01. The summed E-state index contributed by atoms with van der Waals surface area (Å²) in [7, 11) is 0. The number of anilines is 2. The fourth-order valence-electron chi connectivity index (χ4n) is 2.67. The molecule has 3 rings (SSSR count). The molecule has 2 N–H and O–H groups in total. The summed E-state index contributed by atoms with van der Waals surface area (Å²) in [5.41, 5.74) is 4.54. The monoisotopic (exact) mass is 320 g/mol. The molecule has 4 heteroatoms. The normalized spacial score (nSPS) is 15.7. The maximum Gasteiger partial charge on any atom is 0.0429 e. The largest absolute Gasteiger partial charge is 0.383 e. The number of hydrogen-bond donors (Lipinski definition) is 2. The van der Waals surface area contributed by atoms with Crippen LogP contribution in [0.2, 0.25) is 0 Å². The molecule has 24 heavy (non-hydrogen) atoms. The molecule has 2 aromatic carbocycles. The van der Waals surface area contributed by atoms with Gasteiger partial charge in [-0.1, -0.05) is 36.4 Å². The van der Waals surface area contributed by atoms with Gasteiger partial charge in [-0.3, -0.25) is 9.98 Å². The average Bonchev–Trinajstić information content (AvgIpc) is 2.62. The fourth-order valence-corrected chi connectivity index (χ4v) is 2.67. The number of aliphatic imine (C=N–C) groups is 2. The van der Waals surface area contributed by atoms with E-state index in [9.17, 15) is 0 Å². The number of para-hydroxylation sites is 2. The molecule has 1 aliphatic heterocycles. The van der Waals surface area contributed by atoms with Crippen molar-refractivity contribution >= 4 is 23.8 Å². The Labute approximate surface area is 143 Å². The van der Waals surface area contributed by atoms with Crippen molar-refractivity contribution in [2.24, 2.45) is 9.98 Å². The van der Waals surface area contributed by atoms with Crippen molar-refractivity contribution < 1.29 is 0 Å². The molecule has 0 saturated carbocycles. The van der Waals surface area contributed by atoms with Crippen molar-refractivity contribution in [3.8, 4) is 0 Å². The first-order valence-corrected chi connectivity index (χ1v) is 8.59. The quantitative estimate of drug-likeness (QED) is 0.775. The third kappa shape index (κ3) is 4.69. The van der Waals surface area contributed by atoms with Gasteiger partial charge in [-0.25, -0.2) is 0 Å². The van der Waals surface area contributed by atoms with Crippen LogP contribution in [0.25, 0.3) is 0 Å². The van der Waals surface area contributed by atoms with Crippen LogP contribution in [0.3, 0.4) is 0 Å². The van der Waals surface area contributed by atoms with Crippen LogP contribution in [-0.2, 0) is 0 Å². The van der Waals surface area contributed by atoms with Gasteiger partial charge in [0.1, 0.15) is 0 Å². The van der Waals surface area contributed by atoms with E-state index in [4.69, 9.17) is 0 Å². The van der Waals surface area contributed by atoms with Crippen LogP contribution in [0.5, 0.6) is 0 Å². The molecule has 124 valence electrons. The molecule has 0 aromatic heterocycles. The second-order valence-corrected chi connectivity index (χ2v) is 5.81. The summed E-state index contributed by atoms with van der Waals surface area (Å²) in [5.74, 6) is 0. The molecule has 0 atom stereocenters. The molecule has 0 fully saturated rings. The summed E-state index contributed by atoms with van der Waals surface area (Å²) in [6.45, 7) is 3.39. The summed E-state index contributed by atoms with van der Waals surface area (Å²) in [4.78, 5) is 9.09. The minimum Gasteiger partial charge on any atom is -0.383 e. The first kappa shape index (κ1) is 16.2. The Morgan fingerprint density at radius 3 is 1.58 bits per heavy atom. The first-order valence-electron chi connectivity index (χ1n) is 8.59. The zero-order valence-corrected chi connectivity index (χ0v) is 13.9. The van der Waals surface area contributed by atoms with Gasteiger partial charge in [-0.15, -0.1) is 0 Å². The predicted octanol–water partition coefficient (Wildman–Crippen LogP) is 3.84. The maximum absolute atomic E-state index is 4.55. The number of fused-ring (bicyclic) bond motifs is 2. The number of hydrogen-bond acceptors (Lipinski definition) is 4. The third-order valence-corrected chi connectivity index (χ3v) is 3.96. The number of nitrogens with zero attached hydrogens (tertiary/aromatic N) is 2. The smallest absolute Gasteiger partial charge is 0.0429 e. The van der Waals surface area contributed by atoms with Gasteiger partial charge in [0, 0.05) is 61.1 Å². The van der Waals surface area contributed by atoms with Crippen molar-refractivity contribution in [3.63, 3.8) is 0 Å². The van der Waals surface area contributed by atoms with E-state index in [0.717, 1.165) is 61.5 Å². The summed E-state index contributed by atoms with van der Waals surface area (Å²) in [6.07, 6.45) is 6.06. The van der Waals surface area contributed by atoms with E-state index >= 15 is 0 Å². The highest BCUT2D eigenvalue weighted by Crippen LogP contribution is 2.14. The van der Waals surface area contributed by atoms with E-state index in [1.807, 2.05) is 24.6 Å². The zero-order chi connectivity index (χ0) is 16.5. The lowest BCUT2D eigenvalue weighted by atomic mass is 10.2. The standard InChI is InChI=1S/C20H24N4/c1-3-9-19-17(7-1)15-21-11-5-6-12-22-16-18-8-2-4-10-20(18)24-14-13-23-19/h1-4,7-10,15-16,23-24H,5-6,11-14H2. The third-order valence-electron chi connectivity index (χ3n) is 3.96. The van der Waals surface area contributed by atoms with Crippen LogP contribution < -0.4 is 10.6 Å². The molecule has 0 unspecified atom stereocenters. The van der Waals surface area contributed by atoms with Crippen LogP contribution in [0, 0.1) is 0 Å². The fraction of sp³-hybridized carbons (Fsp3) is 0.300. The van der Waals surface area contributed by atoms with Crippen molar-refractivity contribution in [1.82, 2.24) is 0 Å². The Morgan fingerprint density at radius 1 is 0.625 bits per heavy atom. The molecule has 0 radical (unpaired) electrons. The summed E-state index contributed by atoms with van der Waals surface area (Å²) in [5, 5.41) is 6.98. The highest BCUT2D eigenvalue weighted by atomic mass is 15.0. The van der Waals surface area contributed by atoms with Crippen LogP contribution >= 0.6 is 0 Å².